The van der Waals surface area contributed by atoms with E-state index in [1.165, 1.54) is 25.7 Å². The first kappa shape index (κ1) is 12.4. The monoisotopic (exact) mass is 255 g/mol. The molecule has 1 saturated carbocycles. The van der Waals surface area contributed by atoms with Gasteiger partial charge in [-0.15, -0.1) is 0 Å². The summed E-state index contributed by atoms with van der Waals surface area (Å²) in [5.41, 5.74) is 0. The molecule has 1 aromatic heterocycles. The van der Waals surface area contributed by atoms with Crippen molar-refractivity contribution >= 4 is 23.5 Å². The Morgan fingerprint density at radius 2 is 2.06 bits per heavy atom. The smallest absolute Gasteiger partial charge is 0.230 e. The van der Waals surface area contributed by atoms with Crippen LogP contribution in [-0.4, -0.2) is 35.6 Å². The van der Waals surface area contributed by atoms with Gasteiger partial charge in [0, 0.05) is 20.6 Å². The maximum absolute atomic E-state index is 5.85. The van der Waals surface area contributed by atoms with Crippen LogP contribution >= 0.6 is 11.6 Å². The molecule has 1 fully saturated rings. The summed E-state index contributed by atoms with van der Waals surface area (Å²) in [5, 5.41) is 3.44. The quantitative estimate of drug-likeness (QED) is 0.874. The Hall–Kier alpha value is -1.10. The van der Waals surface area contributed by atoms with E-state index in [0.717, 1.165) is 12.5 Å². The lowest BCUT2D eigenvalue weighted by atomic mass is 9.83. The van der Waals surface area contributed by atoms with Crippen molar-refractivity contribution in [2.75, 3.05) is 30.9 Å². The van der Waals surface area contributed by atoms with Gasteiger partial charge in [0.25, 0.3) is 0 Å². The average molecular weight is 256 g/mol. The van der Waals surface area contributed by atoms with Crippen LogP contribution in [-0.2, 0) is 0 Å². The van der Waals surface area contributed by atoms with E-state index in [4.69, 9.17) is 11.6 Å². The van der Waals surface area contributed by atoms with Crippen molar-refractivity contribution in [1.29, 1.82) is 0 Å². The van der Waals surface area contributed by atoms with Gasteiger partial charge in [-0.2, -0.15) is 15.0 Å². The Bertz CT molecular complexity index is 378. The molecule has 1 aliphatic rings. The van der Waals surface area contributed by atoms with Gasteiger partial charge in [0.15, 0.2) is 0 Å². The Morgan fingerprint density at radius 1 is 1.29 bits per heavy atom. The number of hydrogen-bond acceptors (Lipinski definition) is 5. The van der Waals surface area contributed by atoms with Crippen LogP contribution in [0.15, 0.2) is 0 Å². The van der Waals surface area contributed by atoms with Crippen LogP contribution in [0.2, 0.25) is 5.28 Å². The van der Waals surface area contributed by atoms with Crippen molar-refractivity contribution < 1.29 is 0 Å². The predicted octanol–water partition coefficient (Wildman–Crippen LogP) is 2.19. The summed E-state index contributed by atoms with van der Waals surface area (Å²) in [7, 11) is 3.76. The molecule has 1 heterocycles. The second kappa shape index (κ2) is 5.49. The highest BCUT2D eigenvalue weighted by molar-refractivity contribution is 6.28. The molecule has 0 bridgehead atoms. The van der Waals surface area contributed by atoms with Crippen LogP contribution in [0.1, 0.15) is 25.7 Å². The Kier molecular flexibility index (Phi) is 3.99. The molecule has 6 heteroatoms. The highest BCUT2D eigenvalue weighted by atomic mass is 35.5. The summed E-state index contributed by atoms with van der Waals surface area (Å²) in [6, 6.07) is 0. The second-order valence-corrected chi connectivity index (χ2v) is 4.97. The summed E-state index contributed by atoms with van der Waals surface area (Å²) in [6.07, 6.45) is 5.29. The first-order chi connectivity index (χ1) is 8.15. The molecule has 94 valence electrons. The molecular weight excluding hydrogens is 238 g/mol. The van der Waals surface area contributed by atoms with Crippen LogP contribution in [0.3, 0.4) is 0 Å². The fraction of sp³-hybridized carbons (Fsp3) is 0.727. The lowest BCUT2D eigenvalue weighted by Gasteiger charge is -2.25. The average Bonchev–Trinajstić information content (AvgIpc) is 2.21. The van der Waals surface area contributed by atoms with Crippen molar-refractivity contribution in [3.63, 3.8) is 0 Å². The van der Waals surface area contributed by atoms with Gasteiger partial charge < -0.3 is 10.2 Å². The highest BCUT2D eigenvalue weighted by Gasteiger charge is 2.16. The number of aromatic nitrogens is 3. The molecule has 0 unspecified atom stereocenters. The van der Waals surface area contributed by atoms with Gasteiger partial charge >= 0.3 is 0 Å². The first-order valence-electron chi connectivity index (χ1n) is 5.98. The van der Waals surface area contributed by atoms with Crippen LogP contribution in [0.25, 0.3) is 0 Å². The summed E-state index contributed by atoms with van der Waals surface area (Å²) in [5.74, 6) is 2.03. The molecule has 0 aromatic carbocycles. The van der Waals surface area contributed by atoms with Gasteiger partial charge in [0.1, 0.15) is 0 Å². The number of hydrogen-bond donors (Lipinski definition) is 1. The first-order valence-corrected chi connectivity index (χ1v) is 6.35. The molecule has 0 saturated heterocycles. The van der Waals surface area contributed by atoms with Crippen molar-refractivity contribution in [2.45, 2.75) is 25.7 Å². The molecule has 5 nitrogen and oxygen atoms in total. The van der Waals surface area contributed by atoms with Gasteiger partial charge in [-0.05, 0) is 23.9 Å². The zero-order valence-electron chi connectivity index (χ0n) is 10.3. The maximum Gasteiger partial charge on any atom is 0.230 e. The van der Waals surface area contributed by atoms with Crippen LogP contribution < -0.4 is 10.2 Å². The van der Waals surface area contributed by atoms with E-state index in [9.17, 15) is 0 Å². The zero-order valence-corrected chi connectivity index (χ0v) is 11.0. The van der Waals surface area contributed by atoms with Crippen molar-refractivity contribution in [1.82, 2.24) is 15.0 Å². The van der Waals surface area contributed by atoms with Gasteiger partial charge in [-0.25, -0.2) is 0 Å². The lowest BCUT2D eigenvalue weighted by Crippen LogP contribution is -2.18. The predicted molar refractivity (Wildman–Crippen MR) is 69.6 cm³/mol. The van der Waals surface area contributed by atoms with E-state index in [1.807, 2.05) is 19.0 Å². The summed E-state index contributed by atoms with van der Waals surface area (Å²) in [4.78, 5) is 14.2. The SMILES string of the molecule is CN(C)c1nc(Cl)nc(NCCC2CCC2)n1. The standard InChI is InChI=1S/C11H18ClN5/c1-17(2)11-15-9(12)14-10(16-11)13-7-6-8-4-3-5-8/h8H,3-7H2,1-2H3,(H,13,14,15,16). The van der Waals surface area contributed by atoms with E-state index < -0.39 is 0 Å². The van der Waals surface area contributed by atoms with Gasteiger partial charge in [0.2, 0.25) is 17.2 Å². The van der Waals surface area contributed by atoms with Crippen molar-refractivity contribution in [3.8, 4) is 0 Å². The Balaban J connectivity index is 1.90. The third kappa shape index (κ3) is 3.43. The molecule has 17 heavy (non-hydrogen) atoms. The Labute approximate surface area is 107 Å². The summed E-state index contributed by atoms with van der Waals surface area (Å²) >= 11 is 5.85. The zero-order chi connectivity index (χ0) is 12.3. The molecule has 1 aliphatic carbocycles. The molecule has 0 amide bonds. The molecule has 2 rings (SSSR count). The molecule has 0 radical (unpaired) electrons. The van der Waals surface area contributed by atoms with E-state index in [0.29, 0.717) is 11.9 Å². The normalized spacial score (nSPS) is 15.5. The summed E-state index contributed by atoms with van der Waals surface area (Å²) in [6.45, 7) is 0.901. The lowest BCUT2D eigenvalue weighted by molar-refractivity contribution is 0.303. The molecular formula is C11H18ClN5. The molecule has 1 aromatic rings. The van der Waals surface area contributed by atoms with Crippen LogP contribution in [0.4, 0.5) is 11.9 Å². The fourth-order valence-electron chi connectivity index (χ4n) is 1.79. The van der Waals surface area contributed by atoms with E-state index in [-0.39, 0.29) is 5.28 Å². The minimum absolute atomic E-state index is 0.231. The van der Waals surface area contributed by atoms with Crippen LogP contribution in [0.5, 0.6) is 0 Å². The van der Waals surface area contributed by atoms with Gasteiger partial charge in [-0.3, -0.25) is 0 Å². The van der Waals surface area contributed by atoms with E-state index in [1.54, 1.807) is 0 Å². The third-order valence-electron chi connectivity index (χ3n) is 3.06. The summed E-state index contributed by atoms with van der Waals surface area (Å²) < 4.78 is 0. The molecule has 0 atom stereocenters. The maximum atomic E-state index is 5.85. The van der Waals surface area contributed by atoms with Crippen molar-refractivity contribution in [2.24, 2.45) is 5.92 Å². The number of nitrogens with zero attached hydrogens (tertiary/aromatic N) is 4. The number of anilines is 2. The highest BCUT2D eigenvalue weighted by Crippen LogP contribution is 2.29. The van der Waals surface area contributed by atoms with Gasteiger partial charge in [0.05, 0.1) is 0 Å². The number of nitrogens with one attached hydrogen (secondary N) is 1. The van der Waals surface area contributed by atoms with Gasteiger partial charge in [-0.1, -0.05) is 19.3 Å². The molecule has 0 aliphatic heterocycles. The van der Waals surface area contributed by atoms with Crippen LogP contribution in [0, 0.1) is 5.92 Å². The van der Waals surface area contributed by atoms with Crippen molar-refractivity contribution in [3.05, 3.63) is 5.28 Å². The fourth-order valence-corrected chi connectivity index (χ4v) is 1.94. The second-order valence-electron chi connectivity index (χ2n) is 4.63. The molecule has 1 N–H and O–H groups in total. The number of halogens is 1. The van der Waals surface area contributed by atoms with E-state index in [2.05, 4.69) is 20.3 Å². The minimum Gasteiger partial charge on any atom is -0.354 e. The minimum atomic E-state index is 0.231. The topological polar surface area (TPSA) is 53.9 Å². The third-order valence-corrected chi connectivity index (χ3v) is 3.23. The molecule has 0 spiro atoms. The largest absolute Gasteiger partial charge is 0.354 e. The van der Waals surface area contributed by atoms with E-state index >= 15 is 0 Å². The number of rotatable bonds is 5. The Morgan fingerprint density at radius 3 is 2.65 bits per heavy atom.